The van der Waals surface area contributed by atoms with Gasteiger partial charge in [0.15, 0.2) is 0 Å². The summed E-state index contributed by atoms with van der Waals surface area (Å²) in [6.45, 7) is 1.55. The second kappa shape index (κ2) is 7.81. The van der Waals surface area contributed by atoms with Crippen LogP contribution in [0.2, 0.25) is 0 Å². The number of benzene rings is 1. The molecule has 146 valence electrons. The normalized spacial score (nSPS) is 14.3. The highest BCUT2D eigenvalue weighted by atomic mass is 19.1. The maximum Gasteiger partial charge on any atom is 0.356 e. The Morgan fingerprint density at radius 1 is 1.32 bits per heavy atom. The maximum absolute atomic E-state index is 14.5. The molecule has 0 amide bonds. The quantitative estimate of drug-likeness (QED) is 0.653. The Hall–Kier alpha value is -3.20. The molecule has 3 aromatic rings. The van der Waals surface area contributed by atoms with Gasteiger partial charge < -0.3 is 9.84 Å². The van der Waals surface area contributed by atoms with Gasteiger partial charge in [-0.3, -0.25) is 0 Å². The van der Waals surface area contributed by atoms with Crippen LogP contribution in [0, 0.1) is 11.6 Å². The standard InChI is InChI=1S/C19H18F2N4O3/c1-12(13-3-6-17(23-8-13)18(26)28-2)19(27,9-25-11-22-10-24-25)15-5-4-14(20)7-16(15)21/h3-8,10-12,27H,9H2,1-2H3. The van der Waals surface area contributed by atoms with E-state index in [-0.39, 0.29) is 17.8 Å². The molecule has 1 N–H and O–H groups in total. The topological polar surface area (TPSA) is 90.1 Å². The number of aromatic nitrogens is 4. The Morgan fingerprint density at radius 2 is 2.11 bits per heavy atom. The highest BCUT2D eigenvalue weighted by Crippen LogP contribution is 2.39. The molecule has 2 unspecified atom stereocenters. The molecule has 0 saturated heterocycles. The number of halogens is 2. The van der Waals surface area contributed by atoms with Crippen molar-refractivity contribution in [3.63, 3.8) is 0 Å². The molecule has 0 radical (unpaired) electrons. The fourth-order valence-corrected chi connectivity index (χ4v) is 3.02. The average Bonchev–Trinajstić information content (AvgIpc) is 3.19. The second-order valence-electron chi connectivity index (χ2n) is 6.33. The van der Waals surface area contributed by atoms with Crippen molar-refractivity contribution in [2.75, 3.05) is 7.11 Å². The highest BCUT2D eigenvalue weighted by Gasteiger charge is 2.40. The van der Waals surface area contributed by atoms with Crippen molar-refractivity contribution in [1.29, 1.82) is 0 Å². The molecular formula is C19H18F2N4O3. The molecule has 2 heterocycles. The lowest BCUT2D eigenvalue weighted by Crippen LogP contribution is -2.38. The fraction of sp³-hybridized carbons (Fsp3) is 0.263. The number of pyridine rings is 1. The number of nitrogens with zero attached hydrogens (tertiary/aromatic N) is 4. The van der Waals surface area contributed by atoms with Crippen molar-refractivity contribution in [3.8, 4) is 0 Å². The zero-order valence-corrected chi connectivity index (χ0v) is 15.2. The van der Waals surface area contributed by atoms with Crippen LogP contribution >= 0.6 is 0 Å². The van der Waals surface area contributed by atoms with E-state index in [1.807, 2.05) is 0 Å². The molecule has 2 aromatic heterocycles. The highest BCUT2D eigenvalue weighted by molar-refractivity contribution is 5.87. The third-order valence-electron chi connectivity index (χ3n) is 4.66. The Bertz CT molecular complexity index is 964. The SMILES string of the molecule is COC(=O)c1ccc(C(C)C(O)(Cn2cncn2)c2ccc(F)cc2F)cn1. The molecule has 28 heavy (non-hydrogen) atoms. The van der Waals surface area contributed by atoms with E-state index in [2.05, 4.69) is 19.8 Å². The van der Waals surface area contributed by atoms with Crippen LogP contribution < -0.4 is 0 Å². The summed E-state index contributed by atoms with van der Waals surface area (Å²) in [5.41, 5.74) is -1.24. The Morgan fingerprint density at radius 3 is 2.68 bits per heavy atom. The van der Waals surface area contributed by atoms with Crippen LogP contribution in [0.5, 0.6) is 0 Å². The fourth-order valence-electron chi connectivity index (χ4n) is 3.02. The smallest absolute Gasteiger partial charge is 0.356 e. The second-order valence-corrected chi connectivity index (χ2v) is 6.33. The Kier molecular flexibility index (Phi) is 5.46. The summed E-state index contributed by atoms with van der Waals surface area (Å²) in [7, 11) is 1.24. The van der Waals surface area contributed by atoms with Crippen molar-refractivity contribution in [2.45, 2.75) is 25.0 Å². The first-order chi connectivity index (χ1) is 13.3. The van der Waals surface area contributed by atoms with Gasteiger partial charge in [-0.1, -0.05) is 19.1 Å². The molecule has 0 spiro atoms. The molecule has 0 saturated carbocycles. The van der Waals surface area contributed by atoms with E-state index in [9.17, 15) is 18.7 Å². The van der Waals surface area contributed by atoms with Crippen molar-refractivity contribution in [3.05, 3.63) is 77.6 Å². The summed E-state index contributed by atoms with van der Waals surface area (Å²) in [6, 6.07) is 6.05. The van der Waals surface area contributed by atoms with E-state index < -0.39 is 29.1 Å². The molecule has 3 rings (SSSR count). The third kappa shape index (κ3) is 3.74. The van der Waals surface area contributed by atoms with Gasteiger partial charge in [0.25, 0.3) is 0 Å². The van der Waals surface area contributed by atoms with E-state index in [4.69, 9.17) is 0 Å². The van der Waals surface area contributed by atoms with Crippen LogP contribution in [0.1, 0.15) is 34.5 Å². The molecular weight excluding hydrogens is 370 g/mol. The van der Waals surface area contributed by atoms with Gasteiger partial charge in [-0.2, -0.15) is 5.10 Å². The molecule has 0 aliphatic heterocycles. The minimum atomic E-state index is -1.79. The molecule has 0 aliphatic carbocycles. The third-order valence-corrected chi connectivity index (χ3v) is 4.66. The molecule has 2 atom stereocenters. The summed E-state index contributed by atoms with van der Waals surface area (Å²) >= 11 is 0. The van der Waals surface area contributed by atoms with Gasteiger partial charge >= 0.3 is 5.97 Å². The van der Waals surface area contributed by atoms with Crippen molar-refractivity contribution < 1.29 is 23.4 Å². The molecule has 0 bridgehead atoms. The number of rotatable bonds is 6. The van der Waals surface area contributed by atoms with E-state index >= 15 is 0 Å². The Balaban J connectivity index is 2.04. The lowest BCUT2D eigenvalue weighted by Gasteiger charge is -2.35. The first kappa shape index (κ1) is 19.6. The molecule has 0 aliphatic rings. The lowest BCUT2D eigenvalue weighted by molar-refractivity contribution is -0.0113. The maximum atomic E-state index is 14.5. The van der Waals surface area contributed by atoms with Crippen molar-refractivity contribution in [2.24, 2.45) is 0 Å². The Labute approximate surface area is 159 Å². The van der Waals surface area contributed by atoms with Crippen LogP contribution in [-0.2, 0) is 16.9 Å². The minimum absolute atomic E-state index is 0.0889. The monoisotopic (exact) mass is 388 g/mol. The zero-order valence-electron chi connectivity index (χ0n) is 15.2. The number of hydrogen-bond acceptors (Lipinski definition) is 6. The van der Waals surface area contributed by atoms with Crippen LogP contribution in [-0.4, -0.2) is 37.9 Å². The van der Waals surface area contributed by atoms with Gasteiger partial charge in [-0.05, 0) is 17.7 Å². The number of hydrogen-bond donors (Lipinski definition) is 1. The summed E-state index contributed by atoms with van der Waals surface area (Å²) in [6.07, 6.45) is 4.08. The predicted octanol–water partition coefficient (Wildman–Crippen LogP) is 2.43. The number of ether oxygens (including phenoxy) is 1. The number of carbonyl (C=O) groups is 1. The van der Waals surface area contributed by atoms with Crippen LogP contribution in [0.3, 0.4) is 0 Å². The summed E-state index contributed by atoms with van der Waals surface area (Å²) in [5, 5.41) is 15.5. The summed E-state index contributed by atoms with van der Waals surface area (Å²) < 4.78 is 33.9. The van der Waals surface area contributed by atoms with E-state index in [1.165, 1.54) is 42.8 Å². The van der Waals surface area contributed by atoms with E-state index in [0.717, 1.165) is 6.07 Å². The number of aliphatic hydroxyl groups is 1. The summed E-state index contributed by atoms with van der Waals surface area (Å²) in [4.78, 5) is 19.4. The summed E-state index contributed by atoms with van der Waals surface area (Å²) in [5.74, 6) is -2.91. The van der Waals surface area contributed by atoms with Gasteiger partial charge in [0, 0.05) is 23.7 Å². The largest absolute Gasteiger partial charge is 0.464 e. The molecule has 7 nitrogen and oxygen atoms in total. The molecule has 1 aromatic carbocycles. The van der Waals surface area contributed by atoms with E-state index in [1.54, 1.807) is 13.0 Å². The van der Waals surface area contributed by atoms with Gasteiger partial charge in [0.2, 0.25) is 0 Å². The molecule has 9 heteroatoms. The first-order valence-corrected chi connectivity index (χ1v) is 8.39. The van der Waals surface area contributed by atoms with Gasteiger partial charge in [-0.25, -0.2) is 28.2 Å². The van der Waals surface area contributed by atoms with Gasteiger partial charge in [0.05, 0.1) is 13.7 Å². The zero-order chi connectivity index (χ0) is 20.3. The average molecular weight is 388 g/mol. The minimum Gasteiger partial charge on any atom is -0.464 e. The van der Waals surface area contributed by atoms with Crippen LogP contribution in [0.25, 0.3) is 0 Å². The number of carbonyl (C=O) groups excluding carboxylic acids is 1. The van der Waals surface area contributed by atoms with Gasteiger partial charge in [-0.15, -0.1) is 0 Å². The number of methoxy groups -OCH3 is 1. The lowest BCUT2D eigenvalue weighted by atomic mass is 9.78. The van der Waals surface area contributed by atoms with Crippen molar-refractivity contribution in [1.82, 2.24) is 19.7 Å². The predicted molar refractivity (Wildman–Crippen MR) is 94.3 cm³/mol. The van der Waals surface area contributed by atoms with Crippen LogP contribution in [0.15, 0.2) is 49.2 Å². The van der Waals surface area contributed by atoms with Crippen molar-refractivity contribution >= 4 is 5.97 Å². The van der Waals surface area contributed by atoms with Gasteiger partial charge in [0.1, 0.15) is 35.6 Å². The first-order valence-electron chi connectivity index (χ1n) is 8.39. The number of esters is 1. The van der Waals surface area contributed by atoms with Crippen LogP contribution in [0.4, 0.5) is 8.78 Å². The van der Waals surface area contributed by atoms with E-state index in [0.29, 0.717) is 11.6 Å². The molecule has 0 fully saturated rings.